The lowest BCUT2D eigenvalue weighted by molar-refractivity contribution is 0.0950. The third kappa shape index (κ3) is 4.87. The van der Waals surface area contributed by atoms with Crippen LogP contribution in [0.25, 0.3) is 10.6 Å². The number of carbonyl (C=O) groups excluding carboxylic acids is 1. The van der Waals surface area contributed by atoms with Crippen molar-refractivity contribution in [3.63, 3.8) is 0 Å². The maximum Gasteiger partial charge on any atom is 0.251 e. The highest BCUT2D eigenvalue weighted by molar-refractivity contribution is 7.92. The first-order valence-electron chi connectivity index (χ1n) is 7.61. The highest BCUT2D eigenvalue weighted by atomic mass is 32.2. The quantitative estimate of drug-likeness (QED) is 0.676. The predicted octanol–water partition coefficient (Wildman–Crippen LogP) is 2.51. The Hall–Kier alpha value is -2.78. The molecule has 2 N–H and O–H groups in total. The Morgan fingerprint density at radius 1 is 1.19 bits per heavy atom. The van der Waals surface area contributed by atoms with Crippen molar-refractivity contribution in [1.29, 1.82) is 0 Å². The summed E-state index contributed by atoms with van der Waals surface area (Å²) in [6, 6.07) is 9.98. The van der Waals surface area contributed by atoms with Crippen LogP contribution in [0.1, 0.15) is 16.1 Å². The van der Waals surface area contributed by atoms with Gasteiger partial charge in [0.05, 0.1) is 18.5 Å². The smallest absolute Gasteiger partial charge is 0.251 e. The molecule has 0 aliphatic rings. The highest BCUT2D eigenvalue weighted by Gasteiger charge is 2.09. The van der Waals surface area contributed by atoms with E-state index >= 15 is 0 Å². The van der Waals surface area contributed by atoms with Gasteiger partial charge >= 0.3 is 0 Å². The molecule has 0 spiro atoms. The van der Waals surface area contributed by atoms with Crippen molar-refractivity contribution in [2.45, 2.75) is 6.54 Å². The molecule has 134 valence electrons. The molecule has 2 aromatic heterocycles. The molecular formula is C17H16N4O3S2. The molecule has 0 fully saturated rings. The topological polar surface area (TPSA) is 101 Å². The molecule has 0 bridgehead atoms. The van der Waals surface area contributed by atoms with Gasteiger partial charge in [0.15, 0.2) is 0 Å². The zero-order valence-corrected chi connectivity index (χ0v) is 15.5. The Labute approximate surface area is 155 Å². The van der Waals surface area contributed by atoms with Gasteiger partial charge in [0, 0.05) is 34.6 Å². The summed E-state index contributed by atoms with van der Waals surface area (Å²) >= 11 is 1.49. The summed E-state index contributed by atoms with van der Waals surface area (Å²) in [4.78, 5) is 20.8. The first kappa shape index (κ1) is 18.0. The van der Waals surface area contributed by atoms with Crippen molar-refractivity contribution in [2.24, 2.45) is 0 Å². The van der Waals surface area contributed by atoms with Gasteiger partial charge in [-0.15, -0.1) is 11.3 Å². The molecule has 0 saturated heterocycles. The summed E-state index contributed by atoms with van der Waals surface area (Å²) in [7, 11) is -3.34. The number of amides is 1. The van der Waals surface area contributed by atoms with Crippen LogP contribution in [-0.2, 0) is 16.6 Å². The van der Waals surface area contributed by atoms with E-state index in [0.717, 1.165) is 22.5 Å². The van der Waals surface area contributed by atoms with Gasteiger partial charge in [-0.25, -0.2) is 13.4 Å². The van der Waals surface area contributed by atoms with Gasteiger partial charge in [-0.1, -0.05) is 0 Å². The lowest BCUT2D eigenvalue weighted by Crippen LogP contribution is -2.23. The number of pyridine rings is 1. The number of anilines is 1. The minimum Gasteiger partial charge on any atom is -0.346 e. The Bertz CT molecular complexity index is 1000. The lowest BCUT2D eigenvalue weighted by Gasteiger charge is -2.06. The molecule has 3 rings (SSSR count). The van der Waals surface area contributed by atoms with Gasteiger partial charge in [-0.3, -0.25) is 14.5 Å². The van der Waals surface area contributed by atoms with Crippen molar-refractivity contribution in [2.75, 3.05) is 11.0 Å². The molecule has 0 saturated carbocycles. The fourth-order valence-corrected chi connectivity index (χ4v) is 3.56. The molecule has 0 aliphatic heterocycles. The van der Waals surface area contributed by atoms with Gasteiger partial charge in [0.25, 0.3) is 5.91 Å². The number of rotatable bonds is 6. The Morgan fingerprint density at radius 3 is 2.62 bits per heavy atom. The summed E-state index contributed by atoms with van der Waals surface area (Å²) < 4.78 is 24.7. The Morgan fingerprint density at radius 2 is 1.96 bits per heavy atom. The summed E-state index contributed by atoms with van der Waals surface area (Å²) in [5, 5.41) is 5.54. The van der Waals surface area contributed by atoms with Gasteiger partial charge < -0.3 is 5.32 Å². The van der Waals surface area contributed by atoms with Crippen LogP contribution in [0.2, 0.25) is 0 Å². The normalized spacial score (nSPS) is 11.1. The number of carbonyl (C=O) groups is 1. The van der Waals surface area contributed by atoms with Crippen molar-refractivity contribution in [3.05, 3.63) is 65.4 Å². The van der Waals surface area contributed by atoms with E-state index in [1.54, 1.807) is 36.7 Å². The van der Waals surface area contributed by atoms with E-state index in [0.29, 0.717) is 17.8 Å². The van der Waals surface area contributed by atoms with E-state index in [9.17, 15) is 13.2 Å². The maximum absolute atomic E-state index is 12.2. The van der Waals surface area contributed by atoms with E-state index in [1.807, 2.05) is 17.5 Å². The minimum atomic E-state index is -3.34. The molecule has 0 unspecified atom stereocenters. The van der Waals surface area contributed by atoms with Crippen LogP contribution in [0.5, 0.6) is 0 Å². The number of benzene rings is 1. The standard InChI is InChI=1S/C17H16N4O3S2/c1-26(23,24)21-14-6-4-12(5-7-14)16(22)19-10-15-11-25-17(20-15)13-3-2-8-18-9-13/h2-9,11,21H,10H2,1H3,(H,19,22). The molecule has 0 radical (unpaired) electrons. The predicted molar refractivity (Wildman–Crippen MR) is 101 cm³/mol. The third-order valence-corrected chi connectivity index (χ3v) is 4.89. The highest BCUT2D eigenvalue weighted by Crippen LogP contribution is 2.22. The summed E-state index contributed by atoms with van der Waals surface area (Å²) in [6.45, 7) is 0.305. The fourth-order valence-electron chi connectivity index (χ4n) is 2.19. The number of nitrogens with zero attached hydrogens (tertiary/aromatic N) is 2. The third-order valence-electron chi connectivity index (χ3n) is 3.34. The summed E-state index contributed by atoms with van der Waals surface area (Å²) in [5.74, 6) is -0.258. The zero-order valence-electron chi connectivity index (χ0n) is 13.8. The van der Waals surface area contributed by atoms with E-state index in [2.05, 4.69) is 20.0 Å². The van der Waals surface area contributed by atoms with Crippen LogP contribution in [0.3, 0.4) is 0 Å². The molecule has 1 aromatic carbocycles. The summed E-state index contributed by atoms with van der Waals surface area (Å²) in [5.41, 5.74) is 2.54. The van der Waals surface area contributed by atoms with Gasteiger partial charge in [0.2, 0.25) is 10.0 Å². The average Bonchev–Trinajstić information content (AvgIpc) is 3.09. The monoisotopic (exact) mass is 388 g/mol. The van der Waals surface area contributed by atoms with Gasteiger partial charge in [-0.2, -0.15) is 0 Å². The van der Waals surface area contributed by atoms with Crippen LogP contribution < -0.4 is 10.0 Å². The summed E-state index contributed by atoms with van der Waals surface area (Å²) in [6.07, 6.45) is 4.52. The largest absolute Gasteiger partial charge is 0.346 e. The molecule has 3 aromatic rings. The fraction of sp³-hybridized carbons (Fsp3) is 0.118. The Balaban J connectivity index is 1.60. The van der Waals surface area contributed by atoms with E-state index < -0.39 is 10.0 Å². The van der Waals surface area contributed by atoms with Crippen LogP contribution in [0.15, 0.2) is 54.2 Å². The van der Waals surface area contributed by atoms with Gasteiger partial charge in [0.1, 0.15) is 5.01 Å². The first-order valence-corrected chi connectivity index (χ1v) is 10.4. The molecule has 2 heterocycles. The van der Waals surface area contributed by atoms with Crippen molar-refractivity contribution in [1.82, 2.24) is 15.3 Å². The van der Waals surface area contributed by atoms with Crippen molar-refractivity contribution in [3.8, 4) is 10.6 Å². The van der Waals surface area contributed by atoms with Gasteiger partial charge in [-0.05, 0) is 36.4 Å². The maximum atomic E-state index is 12.2. The van der Waals surface area contributed by atoms with Crippen LogP contribution in [-0.4, -0.2) is 30.5 Å². The lowest BCUT2D eigenvalue weighted by atomic mass is 10.2. The number of sulfonamides is 1. The van der Waals surface area contributed by atoms with Crippen molar-refractivity contribution >= 4 is 33.0 Å². The van der Waals surface area contributed by atoms with Crippen LogP contribution >= 0.6 is 11.3 Å². The van der Waals surface area contributed by atoms with Crippen LogP contribution in [0.4, 0.5) is 5.69 Å². The second-order valence-corrected chi connectivity index (χ2v) is 8.13. The number of hydrogen-bond acceptors (Lipinski definition) is 6. The molecule has 9 heteroatoms. The SMILES string of the molecule is CS(=O)(=O)Nc1ccc(C(=O)NCc2csc(-c3cccnc3)n2)cc1. The van der Waals surface area contributed by atoms with Crippen molar-refractivity contribution < 1.29 is 13.2 Å². The zero-order chi connectivity index (χ0) is 18.6. The molecule has 0 atom stereocenters. The van der Waals surface area contributed by atoms with Crippen LogP contribution in [0, 0.1) is 0 Å². The molecule has 0 aliphatic carbocycles. The number of thiazole rings is 1. The molecule has 1 amide bonds. The first-order chi connectivity index (χ1) is 12.4. The van der Waals surface area contributed by atoms with E-state index in [4.69, 9.17) is 0 Å². The number of nitrogens with one attached hydrogen (secondary N) is 2. The Kier molecular flexibility index (Phi) is 5.29. The molecule has 7 nitrogen and oxygen atoms in total. The second-order valence-electron chi connectivity index (χ2n) is 5.52. The van der Waals surface area contributed by atoms with E-state index in [-0.39, 0.29) is 5.91 Å². The minimum absolute atomic E-state index is 0.258. The number of hydrogen-bond donors (Lipinski definition) is 2. The molecular weight excluding hydrogens is 372 g/mol. The number of aromatic nitrogens is 2. The second kappa shape index (κ2) is 7.63. The molecule has 26 heavy (non-hydrogen) atoms. The van der Waals surface area contributed by atoms with E-state index in [1.165, 1.54) is 11.3 Å². The average molecular weight is 388 g/mol.